The van der Waals surface area contributed by atoms with Gasteiger partial charge in [0.1, 0.15) is 0 Å². The highest BCUT2D eigenvalue weighted by atomic mass is 35.5. The van der Waals surface area contributed by atoms with Crippen LogP contribution in [0.25, 0.3) is 0 Å². The molecule has 104 valence electrons. The number of halogens is 1. The second kappa shape index (κ2) is 5.99. The zero-order chi connectivity index (χ0) is 13.9. The van der Waals surface area contributed by atoms with Crippen LogP contribution in [0.3, 0.4) is 0 Å². The molecule has 1 fully saturated rings. The monoisotopic (exact) mass is 285 g/mol. The third-order valence-corrected chi connectivity index (χ3v) is 4.26. The van der Waals surface area contributed by atoms with E-state index in [0.717, 1.165) is 17.5 Å². The molecule has 1 saturated carbocycles. The summed E-state index contributed by atoms with van der Waals surface area (Å²) in [6.07, 6.45) is 2.73. The van der Waals surface area contributed by atoms with E-state index in [1.807, 2.05) is 12.1 Å². The zero-order valence-corrected chi connectivity index (χ0v) is 12.5. The van der Waals surface area contributed by atoms with Crippen LogP contribution in [0.15, 0.2) is 48.5 Å². The van der Waals surface area contributed by atoms with Crippen LogP contribution < -0.4 is 5.32 Å². The van der Waals surface area contributed by atoms with Gasteiger partial charge in [0.2, 0.25) is 0 Å². The highest BCUT2D eigenvalue weighted by molar-refractivity contribution is 6.30. The van der Waals surface area contributed by atoms with E-state index in [0.29, 0.717) is 6.04 Å². The summed E-state index contributed by atoms with van der Waals surface area (Å²) in [5, 5.41) is 4.34. The highest BCUT2D eigenvalue weighted by Crippen LogP contribution is 2.39. The predicted octanol–water partition coefficient (Wildman–Crippen LogP) is 5.07. The summed E-state index contributed by atoms with van der Waals surface area (Å²) in [6.45, 7) is 3.08. The van der Waals surface area contributed by atoms with Gasteiger partial charge in [-0.2, -0.15) is 0 Å². The van der Waals surface area contributed by atoms with Crippen molar-refractivity contribution in [2.75, 3.05) is 0 Å². The van der Waals surface area contributed by atoms with Crippen molar-refractivity contribution in [2.45, 2.75) is 38.3 Å². The summed E-state index contributed by atoms with van der Waals surface area (Å²) in [7, 11) is 0. The maximum absolute atomic E-state index is 5.91. The van der Waals surface area contributed by atoms with Crippen molar-refractivity contribution >= 4 is 11.6 Å². The fraction of sp³-hybridized carbons (Fsp3) is 0.333. The average molecular weight is 286 g/mol. The predicted molar refractivity (Wildman–Crippen MR) is 85.1 cm³/mol. The largest absolute Gasteiger partial charge is 0.306 e. The van der Waals surface area contributed by atoms with Crippen LogP contribution in [0.2, 0.25) is 5.02 Å². The molecule has 0 amide bonds. The van der Waals surface area contributed by atoms with Gasteiger partial charge in [-0.3, -0.25) is 0 Å². The Balaban J connectivity index is 1.56. The molecule has 2 heteroatoms. The summed E-state index contributed by atoms with van der Waals surface area (Å²) >= 11 is 5.91. The minimum absolute atomic E-state index is 0.329. The molecule has 1 nitrogen and oxygen atoms in total. The van der Waals surface area contributed by atoms with Gasteiger partial charge in [0.15, 0.2) is 0 Å². The lowest BCUT2D eigenvalue weighted by atomic mass is 10.1. The summed E-state index contributed by atoms with van der Waals surface area (Å²) in [6, 6.07) is 17.4. The summed E-state index contributed by atoms with van der Waals surface area (Å²) in [4.78, 5) is 0. The Morgan fingerprint density at radius 3 is 2.30 bits per heavy atom. The van der Waals surface area contributed by atoms with E-state index < -0.39 is 0 Å². The smallest absolute Gasteiger partial charge is 0.0406 e. The van der Waals surface area contributed by atoms with Gasteiger partial charge in [-0.15, -0.1) is 0 Å². The van der Waals surface area contributed by atoms with E-state index in [-0.39, 0.29) is 0 Å². The molecule has 1 aliphatic rings. The molecular weight excluding hydrogens is 266 g/mol. The van der Waals surface area contributed by atoms with Gasteiger partial charge in [-0.05, 0) is 54.5 Å². The minimum Gasteiger partial charge on any atom is -0.306 e. The molecule has 3 rings (SSSR count). The molecule has 2 aromatic rings. The standard InChI is InChI=1S/C18H20ClN/c1-13(15-8-10-18(19)11-9-15)20-12-14-2-4-16(5-3-14)17-6-7-17/h2-5,8-11,13,17,20H,6-7,12H2,1H3. The van der Waals surface area contributed by atoms with Gasteiger partial charge in [0.05, 0.1) is 0 Å². The highest BCUT2D eigenvalue weighted by Gasteiger charge is 2.22. The first-order valence-corrected chi connectivity index (χ1v) is 7.68. The lowest BCUT2D eigenvalue weighted by Crippen LogP contribution is -2.17. The molecule has 0 spiro atoms. The van der Waals surface area contributed by atoms with Crippen LogP contribution in [-0.4, -0.2) is 0 Å². The first-order chi connectivity index (χ1) is 9.72. The summed E-state index contributed by atoms with van der Waals surface area (Å²) in [5.41, 5.74) is 4.11. The number of hydrogen-bond donors (Lipinski definition) is 1. The molecule has 0 aromatic heterocycles. The molecular formula is C18H20ClN. The average Bonchev–Trinajstić information content (AvgIpc) is 3.31. The second-order valence-corrected chi connectivity index (χ2v) is 6.11. The first kappa shape index (κ1) is 13.7. The van der Waals surface area contributed by atoms with Crippen molar-refractivity contribution in [3.63, 3.8) is 0 Å². The van der Waals surface area contributed by atoms with Crippen LogP contribution in [0.4, 0.5) is 0 Å². The van der Waals surface area contributed by atoms with E-state index in [1.165, 1.54) is 29.5 Å². The second-order valence-electron chi connectivity index (χ2n) is 5.67. The Morgan fingerprint density at radius 1 is 1.05 bits per heavy atom. The van der Waals surface area contributed by atoms with Gasteiger partial charge in [0.25, 0.3) is 0 Å². The Bertz CT molecular complexity index is 555. The SMILES string of the molecule is CC(NCc1ccc(C2CC2)cc1)c1ccc(Cl)cc1. The van der Waals surface area contributed by atoms with Crippen molar-refractivity contribution in [3.8, 4) is 0 Å². The Hall–Kier alpha value is -1.31. The van der Waals surface area contributed by atoms with Crippen molar-refractivity contribution in [1.29, 1.82) is 0 Å². The molecule has 1 unspecified atom stereocenters. The topological polar surface area (TPSA) is 12.0 Å². The summed E-state index contributed by atoms with van der Waals surface area (Å²) < 4.78 is 0. The van der Waals surface area contributed by atoms with E-state index in [2.05, 4.69) is 48.6 Å². The van der Waals surface area contributed by atoms with Gasteiger partial charge in [0, 0.05) is 17.6 Å². The third-order valence-electron chi connectivity index (χ3n) is 4.01. The van der Waals surface area contributed by atoms with Crippen LogP contribution in [0.1, 0.15) is 48.4 Å². The lowest BCUT2D eigenvalue weighted by Gasteiger charge is -2.14. The van der Waals surface area contributed by atoms with Gasteiger partial charge in [-0.1, -0.05) is 48.0 Å². The van der Waals surface area contributed by atoms with E-state index in [1.54, 1.807) is 0 Å². The van der Waals surface area contributed by atoms with E-state index >= 15 is 0 Å². The van der Waals surface area contributed by atoms with Gasteiger partial charge >= 0.3 is 0 Å². The van der Waals surface area contributed by atoms with Crippen LogP contribution in [0.5, 0.6) is 0 Å². The maximum Gasteiger partial charge on any atom is 0.0406 e. The normalized spacial score (nSPS) is 16.1. The molecule has 0 saturated heterocycles. The van der Waals surface area contributed by atoms with Crippen molar-refractivity contribution < 1.29 is 0 Å². The molecule has 1 atom stereocenters. The number of nitrogens with one attached hydrogen (secondary N) is 1. The third kappa shape index (κ3) is 3.41. The van der Waals surface area contributed by atoms with Gasteiger partial charge in [-0.25, -0.2) is 0 Å². The van der Waals surface area contributed by atoms with Gasteiger partial charge < -0.3 is 5.32 Å². The maximum atomic E-state index is 5.91. The molecule has 2 aromatic carbocycles. The molecule has 0 bridgehead atoms. The zero-order valence-electron chi connectivity index (χ0n) is 11.8. The Labute approximate surface area is 126 Å². The molecule has 1 N–H and O–H groups in total. The fourth-order valence-corrected chi connectivity index (χ4v) is 2.59. The van der Waals surface area contributed by atoms with E-state index in [9.17, 15) is 0 Å². The van der Waals surface area contributed by atoms with Crippen molar-refractivity contribution in [3.05, 3.63) is 70.2 Å². The quantitative estimate of drug-likeness (QED) is 0.809. The van der Waals surface area contributed by atoms with Crippen LogP contribution in [-0.2, 0) is 6.54 Å². The Kier molecular flexibility index (Phi) is 4.09. The molecule has 0 aliphatic heterocycles. The number of benzene rings is 2. The summed E-state index contributed by atoms with van der Waals surface area (Å²) in [5.74, 6) is 0.838. The molecule has 1 aliphatic carbocycles. The van der Waals surface area contributed by atoms with Crippen molar-refractivity contribution in [1.82, 2.24) is 5.32 Å². The van der Waals surface area contributed by atoms with Crippen molar-refractivity contribution in [2.24, 2.45) is 0 Å². The Morgan fingerprint density at radius 2 is 1.70 bits per heavy atom. The number of rotatable bonds is 5. The fourth-order valence-electron chi connectivity index (χ4n) is 2.46. The minimum atomic E-state index is 0.329. The molecule has 20 heavy (non-hydrogen) atoms. The lowest BCUT2D eigenvalue weighted by molar-refractivity contribution is 0.574. The van der Waals surface area contributed by atoms with Crippen LogP contribution in [0, 0.1) is 0 Å². The molecule has 0 radical (unpaired) electrons. The first-order valence-electron chi connectivity index (χ1n) is 7.30. The number of hydrogen-bond acceptors (Lipinski definition) is 1. The van der Waals surface area contributed by atoms with Crippen LogP contribution >= 0.6 is 11.6 Å². The molecule has 0 heterocycles. The van der Waals surface area contributed by atoms with E-state index in [4.69, 9.17) is 11.6 Å².